The van der Waals surface area contributed by atoms with E-state index < -0.39 is 0 Å². The molecule has 0 radical (unpaired) electrons. The third-order valence-corrected chi connectivity index (χ3v) is 3.47. The Hall–Kier alpha value is -2.51. The van der Waals surface area contributed by atoms with Gasteiger partial charge in [-0.3, -0.25) is 4.68 Å². The second-order valence-corrected chi connectivity index (χ2v) is 6.22. The molecule has 0 spiro atoms. The zero-order valence-corrected chi connectivity index (χ0v) is 13.4. The van der Waals surface area contributed by atoms with Crippen LogP contribution in [0.1, 0.15) is 38.0 Å². The predicted octanol–water partition coefficient (Wildman–Crippen LogP) is 1.44. The number of nitrogens with zero attached hydrogens (tertiary/aromatic N) is 7. The van der Waals surface area contributed by atoms with Gasteiger partial charge in [0.1, 0.15) is 12.9 Å². The maximum absolute atomic E-state index is 5.91. The lowest BCUT2D eigenvalue weighted by Crippen LogP contribution is -2.17. The summed E-state index contributed by atoms with van der Waals surface area (Å²) in [5.41, 5.74) is 1.58. The van der Waals surface area contributed by atoms with Crippen molar-refractivity contribution in [1.29, 1.82) is 0 Å². The number of aromatic nitrogens is 7. The molecule has 8 nitrogen and oxygen atoms in total. The molecule has 0 aliphatic rings. The Balaban J connectivity index is 2.01. The highest BCUT2D eigenvalue weighted by Gasteiger charge is 2.23. The molecule has 0 unspecified atom stereocenters. The van der Waals surface area contributed by atoms with E-state index in [9.17, 15) is 0 Å². The number of hydrogen-bond donors (Lipinski definition) is 0. The van der Waals surface area contributed by atoms with Crippen molar-refractivity contribution in [1.82, 2.24) is 34.6 Å². The molecule has 0 aromatic carbocycles. The molecule has 0 fully saturated rings. The first kappa shape index (κ1) is 14.4. The molecule has 8 heteroatoms. The lowest BCUT2D eigenvalue weighted by molar-refractivity contribution is 0.266. The number of aryl methyl sites for hydroxylation is 2. The topological polar surface area (TPSA) is 83.0 Å². The number of ether oxygens (including phenoxy) is 1. The number of fused-ring (bicyclic) bond motifs is 1. The van der Waals surface area contributed by atoms with Crippen molar-refractivity contribution in [2.75, 3.05) is 0 Å². The van der Waals surface area contributed by atoms with Gasteiger partial charge in [0.05, 0.1) is 0 Å². The van der Waals surface area contributed by atoms with Crippen molar-refractivity contribution < 1.29 is 4.74 Å². The molecule has 0 saturated heterocycles. The van der Waals surface area contributed by atoms with Crippen LogP contribution in [0.3, 0.4) is 0 Å². The van der Waals surface area contributed by atoms with Crippen LogP contribution in [0, 0.1) is 6.92 Å². The molecule has 0 atom stereocenters. The smallest absolute Gasteiger partial charge is 0.236 e. The minimum absolute atomic E-state index is 0.121. The zero-order chi connectivity index (χ0) is 15.9. The Morgan fingerprint density at radius 2 is 2.00 bits per heavy atom. The summed E-state index contributed by atoms with van der Waals surface area (Å²) in [7, 11) is 1.83. The normalized spacial score (nSPS) is 12.0. The Labute approximate surface area is 128 Å². The predicted molar refractivity (Wildman–Crippen MR) is 79.6 cm³/mol. The van der Waals surface area contributed by atoms with Crippen LogP contribution in [0.15, 0.2) is 12.4 Å². The molecule has 0 N–H and O–H groups in total. The summed E-state index contributed by atoms with van der Waals surface area (Å²) in [5, 5.41) is 16.8. The van der Waals surface area contributed by atoms with E-state index in [1.165, 1.54) is 6.33 Å². The van der Waals surface area contributed by atoms with Gasteiger partial charge < -0.3 is 4.74 Å². The minimum atomic E-state index is -0.121. The van der Waals surface area contributed by atoms with Gasteiger partial charge in [0.15, 0.2) is 17.3 Å². The van der Waals surface area contributed by atoms with E-state index in [0.29, 0.717) is 18.1 Å². The molecule has 3 aromatic heterocycles. The maximum Gasteiger partial charge on any atom is 0.236 e. The molecule has 0 aliphatic carbocycles. The molecule has 116 valence electrons. The lowest BCUT2D eigenvalue weighted by atomic mass is 9.88. The highest BCUT2D eigenvalue weighted by atomic mass is 16.5. The second kappa shape index (κ2) is 5.04. The van der Waals surface area contributed by atoms with E-state index in [1.54, 1.807) is 9.20 Å². The summed E-state index contributed by atoms with van der Waals surface area (Å²) < 4.78 is 9.27. The molecule has 0 aliphatic heterocycles. The summed E-state index contributed by atoms with van der Waals surface area (Å²) in [4.78, 5) is 4.16. The van der Waals surface area contributed by atoms with Gasteiger partial charge in [-0.15, -0.1) is 15.3 Å². The van der Waals surface area contributed by atoms with E-state index in [-0.39, 0.29) is 5.41 Å². The Bertz CT molecular complexity index is 812. The van der Waals surface area contributed by atoms with Crippen LogP contribution in [0.2, 0.25) is 0 Å². The third-order valence-electron chi connectivity index (χ3n) is 3.47. The van der Waals surface area contributed by atoms with Crippen molar-refractivity contribution in [2.45, 2.75) is 39.7 Å². The van der Waals surface area contributed by atoms with Crippen LogP contribution in [0.4, 0.5) is 0 Å². The van der Waals surface area contributed by atoms with Crippen LogP contribution < -0.4 is 4.74 Å². The van der Waals surface area contributed by atoms with Gasteiger partial charge >= 0.3 is 0 Å². The summed E-state index contributed by atoms with van der Waals surface area (Å²) >= 11 is 0. The van der Waals surface area contributed by atoms with Gasteiger partial charge in [-0.2, -0.15) is 9.61 Å². The fraction of sp³-hybridized carbons (Fsp3) is 0.500. The van der Waals surface area contributed by atoms with Gasteiger partial charge in [-0.05, 0) is 18.4 Å². The second-order valence-electron chi connectivity index (χ2n) is 6.22. The number of hydrogen-bond acceptors (Lipinski definition) is 6. The number of rotatable bonds is 3. The van der Waals surface area contributed by atoms with Crippen LogP contribution in [-0.2, 0) is 19.1 Å². The summed E-state index contributed by atoms with van der Waals surface area (Å²) in [6.07, 6.45) is 1.50. The summed E-state index contributed by atoms with van der Waals surface area (Å²) in [6, 6.07) is 1.97. The van der Waals surface area contributed by atoms with Crippen molar-refractivity contribution in [3.63, 3.8) is 0 Å². The summed E-state index contributed by atoms with van der Waals surface area (Å²) in [5.74, 6) is 2.02. The first-order chi connectivity index (χ1) is 10.4. The highest BCUT2D eigenvalue weighted by Crippen LogP contribution is 2.30. The molecular formula is C14H19N7O. The monoisotopic (exact) mass is 301 g/mol. The van der Waals surface area contributed by atoms with Gasteiger partial charge in [0.25, 0.3) is 0 Å². The van der Waals surface area contributed by atoms with Crippen molar-refractivity contribution >= 4 is 5.65 Å². The van der Waals surface area contributed by atoms with Crippen molar-refractivity contribution in [2.24, 2.45) is 7.05 Å². The lowest BCUT2D eigenvalue weighted by Gasteiger charge is -2.21. The van der Waals surface area contributed by atoms with E-state index in [1.807, 2.05) is 20.0 Å². The Morgan fingerprint density at radius 3 is 2.64 bits per heavy atom. The SMILES string of the molecule is Cc1nnc2cc(C(C)(C)C)c(OCc3ncnn3C)nn12. The van der Waals surface area contributed by atoms with Gasteiger partial charge in [0.2, 0.25) is 5.88 Å². The fourth-order valence-electron chi connectivity index (χ4n) is 2.15. The molecular weight excluding hydrogens is 282 g/mol. The summed E-state index contributed by atoms with van der Waals surface area (Å²) in [6.45, 7) is 8.49. The highest BCUT2D eigenvalue weighted by molar-refractivity contribution is 5.46. The van der Waals surface area contributed by atoms with Crippen LogP contribution in [0.5, 0.6) is 5.88 Å². The maximum atomic E-state index is 5.91. The molecule has 3 heterocycles. The van der Waals surface area contributed by atoms with Crippen LogP contribution in [0.25, 0.3) is 5.65 Å². The van der Waals surface area contributed by atoms with Crippen molar-refractivity contribution in [3.8, 4) is 5.88 Å². The van der Waals surface area contributed by atoms with E-state index in [2.05, 4.69) is 46.1 Å². The van der Waals surface area contributed by atoms with Gasteiger partial charge in [-0.25, -0.2) is 4.98 Å². The van der Waals surface area contributed by atoms with E-state index >= 15 is 0 Å². The standard InChI is InChI=1S/C14H19N7O/c1-9-17-18-11-6-10(14(2,3)4)13(19-21(9)11)22-7-12-15-8-16-20(12)5/h6,8H,7H2,1-5H3. The van der Waals surface area contributed by atoms with E-state index in [4.69, 9.17) is 4.74 Å². The molecule has 3 rings (SSSR count). The zero-order valence-electron chi connectivity index (χ0n) is 13.4. The molecule has 0 bridgehead atoms. The molecule has 22 heavy (non-hydrogen) atoms. The quantitative estimate of drug-likeness (QED) is 0.728. The van der Waals surface area contributed by atoms with Crippen molar-refractivity contribution in [3.05, 3.63) is 29.6 Å². The molecule has 3 aromatic rings. The fourth-order valence-corrected chi connectivity index (χ4v) is 2.15. The Morgan fingerprint density at radius 1 is 1.23 bits per heavy atom. The third kappa shape index (κ3) is 2.51. The minimum Gasteiger partial charge on any atom is -0.468 e. The average Bonchev–Trinajstić information content (AvgIpc) is 3.01. The van der Waals surface area contributed by atoms with Gasteiger partial charge in [-0.1, -0.05) is 20.8 Å². The first-order valence-electron chi connectivity index (χ1n) is 7.05. The molecule has 0 amide bonds. The Kier molecular flexibility index (Phi) is 3.31. The van der Waals surface area contributed by atoms with Crippen LogP contribution >= 0.6 is 0 Å². The van der Waals surface area contributed by atoms with Crippen LogP contribution in [-0.4, -0.2) is 34.6 Å². The first-order valence-corrected chi connectivity index (χ1v) is 7.05. The van der Waals surface area contributed by atoms with E-state index in [0.717, 1.165) is 17.2 Å². The average molecular weight is 301 g/mol. The largest absolute Gasteiger partial charge is 0.468 e. The molecule has 0 saturated carbocycles. The van der Waals surface area contributed by atoms with Gasteiger partial charge in [0, 0.05) is 12.6 Å².